The van der Waals surface area contributed by atoms with Crippen LogP contribution in [-0.2, 0) is 17.6 Å². The minimum absolute atomic E-state index is 0.0407. The molecule has 0 bridgehead atoms. The number of carbonyl (C=O) groups is 1. The Kier molecular flexibility index (Phi) is 6.26. The van der Waals surface area contributed by atoms with Crippen LogP contribution in [0.4, 0.5) is 10.7 Å². The van der Waals surface area contributed by atoms with E-state index in [2.05, 4.69) is 21.2 Å². The zero-order valence-electron chi connectivity index (χ0n) is 17.4. The Hall–Kier alpha value is -2.56. The number of nitriles is 1. The molecule has 1 saturated heterocycles. The predicted octanol–water partition coefficient (Wildman–Crippen LogP) is 3.74. The number of amides is 1. The summed E-state index contributed by atoms with van der Waals surface area (Å²) >= 11 is 1.59. The number of aromatic hydroxyl groups is 1. The van der Waals surface area contributed by atoms with Crippen molar-refractivity contribution in [2.24, 2.45) is 0 Å². The summed E-state index contributed by atoms with van der Waals surface area (Å²) in [4.78, 5) is 18.7. The van der Waals surface area contributed by atoms with E-state index in [1.807, 2.05) is 19.1 Å². The van der Waals surface area contributed by atoms with Crippen LogP contribution in [0.15, 0.2) is 24.3 Å². The van der Waals surface area contributed by atoms with Crippen molar-refractivity contribution in [2.75, 3.05) is 36.4 Å². The van der Waals surface area contributed by atoms with Crippen LogP contribution in [0.1, 0.15) is 42.2 Å². The topological polar surface area (TPSA) is 79.6 Å². The van der Waals surface area contributed by atoms with E-state index in [1.54, 1.807) is 23.5 Å². The molecule has 1 aromatic heterocycles. The molecule has 6 nitrogen and oxygen atoms in total. The molecule has 1 aliphatic heterocycles. The van der Waals surface area contributed by atoms with Gasteiger partial charge in [-0.3, -0.25) is 9.69 Å². The molecule has 2 aliphatic rings. The largest absolute Gasteiger partial charge is 0.508 e. The zero-order valence-corrected chi connectivity index (χ0v) is 18.2. The molecular weight excluding hydrogens is 396 g/mol. The van der Waals surface area contributed by atoms with Crippen LogP contribution in [-0.4, -0.2) is 48.1 Å². The van der Waals surface area contributed by atoms with Crippen LogP contribution in [0.25, 0.3) is 0 Å². The van der Waals surface area contributed by atoms with Crippen molar-refractivity contribution in [2.45, 2.75) is 45.1 Å². The van der Waals surface area contributed by atoms with Gasteiger partial charge in [0, 0.05) is 36.7 Å². The lowest BCUT2D eigenvalue weighted by molar-refractivity contribution is -0.120. The number of hydrogen-bond acceptors (Lipinski definition) is 6. The molecule has 1 aliphatic carbocycles. The number of anilines is 2. The third-order valence-electron chi connectivity index (χ3n) is 6.23. The highest BCUT2D eigenvalue weighted by atomic mass is 32.1. The lowest BCUT2D eigenvalue weighted by Gasteiger charge is -2.38. The molecule has 7 heteroatoms. The number of carbonyl (C=O) groups excluding carboxylic acids is 1. The average Bonchev–Trinajstić information content (AvgIpc) is 2.92. The van der Waals surface area contributed by atoms with Gasteiger partial charge in [0.15, 0.2) is 0 Å². The van der Waals surface area contributed by atoms with E-state index in [-0.39, 0.29) is 17.7 Å². The number of phenols is 1. The van der Waals surface area contributed by atoms with Crippen LogP contribution < -0.4 is 10.2 Å². The first-order valence-electron chi connectivity index (χ1n) is 10.7. The third-order valence-corrected chi connectivity index (χ3v) is 7.43. The lowest BCUT2D eigenvalue weighted by Crippen LogP contribution is -2.52. The van der Waals surface area contributed by atoms with Crippen molar-refractivity contribution < 1.29 is 9.90 Å². The van der Waals surface area contributed by atoms with Crippen LogP contribution in [0.5, 0.6) is 5.75 Å². The fourth-order valence-electron chi connectivity index (χ4n) is 4.36. The monoisotopic (exact) mass is 424 g/mol. The number of nitrogens with zero attached hydrogens (tertiary/aromatic N) is 3. The quantitative estimate of drug-likeness (QED) is 0.731. The predicted molar refractivity (Wildman–Crippen MR) is 120 cm³/mol. The molecule has 2 aromatic rings. The van der Waals surface area contributed by atoms with Gasteiger partial charge in [-0.2, -0.15) is 5.26 Å². The third kappa shape index (κ3) is 4.30. The summed E-state index contributed by atoms with van der Waals surface area (Å²) in [7, 11) is 0. The van der Waals surface area contributed by atoms with E-state index < -0.39 is 0 Å². The maximum atomic E-state index is 13.0. The summed E-state index contributed by atoms with van der Waals surface area (Å²) in [5.41, 5.74) is 2.92. The molecule has 4 rings (SSSR count). The summed E-state index contributed by atoms with van der Waals surface area (Å²) in [6, 6.07) is 9.34. The molecule has 1 aromatic carbocycles. The minimum atomic E-state index is -0.250. The van der Waals surface area contributed by atoms with Gasteiger partial charge in [-0.15, -0.1) is 11.3 Å². The van der Waals surface area contributed by atoms with Gasteiger partial charge < -0.3 is 15.3 Å². The van der Waals surface area contributed by atoms with E-state index in [0.717, 1.165) is 68.1 Å². The molecule has 0 saturated carbocycles. The van der Waals surface area contributed by atoms with Crippen LogP contribution in [0.2, 0.25) is 0 Å². The van der Waals surface area contributed by atoms with E-state index in [9.17, 15) is 15.2 Å². The first-order chi connectivity index (χ1) is 14.6. The number of aryl methyl sites for hydroxylation is 1. The van der Waals surface area contributed by atoms with Gasteiger partial charge in [0.1, 0.15) is 16.8 Å². The molecule has 0 unspecified atom stereocenters. The van der Waals surface area contributed by atoms with E-state index in [1.165, 1.54) is 11.3 Å². The summed E-state index contributed by atoms with van der Waals surface area (Å²) in [6.07, 6.45) is 5.45. The fourth-order valence-corrected chi connectivity index (χ4v) is 5.60. The van der Waals surface area contributed by atoms with Gasteiger partial charge in [-0.1, -0.05) is 6.42 Å². The Bertz CT molecular complexity index is 939. The molecule has 2 N–H and O–H groups in total. The Balaban J connectivity index is 1.38. The maximum absolute atomic E-state index is 13.0. The second kappa shape index (κ2) is 9.07. The summed E-state index contributed by atoms with van der Waals surface area (Å²) in [6.45, 7) is 5.19. The van der Waals surface area contributed by atoms with E-state index >= 15 is 0 Å². The van der Waals surface area contributed by atoms with Gasteiger partial charge in [-0.25, -0.2) is 0 Å². The lowest BCUT2D eigenvalue weighted by atomic mass is 10.1. The molecule has 0 spiro atoms. The number of rotatable bonds is 4. The van der Waals surface area contributed by atoms with Crippen molar-refractivity contribution in [1.29, 1.82) is 5.26 Å². The smallest absolute Gasteiger partial charge is 0.242 e. The Labute approximate surface area is 181 Å². The second-order valence-corrected chi connectivity index (χ2v) is 9.19. The number of hydrogen-bond donors (Lipinski definition) is 2. The maximum Gasteiger partial charge on any atom is 0.242 e. The minimum Gasteiger partial charge on any atom is -0.508 e. The fraction of sp³-hybridized carbons (Fsp3) is 0.478. The highest BCUT2D eigenvalue weighted by Gasteiger charge is 2.28. The zero-order chi connectivity index (χ0) is 21.1. The number of piperazine rings is 1. The number of benzene rings is 1. The standard InChI is InChI=1S/C23H28N4O2S/c1-16(26-11-13-27(14-12-26)17-7-9-18(28)10-8-17)22(29)25-23-20(15-24)19-5-3-2-4-6-21(19)30-23/h7-10,16,28H,2-6,11-14H2,1H3,(H,25,29)/t16-/m0/s1. The number of fused-ring (bicyclic) bond motifs is 1. The van der Waals surface area contributed by atoms with Crippen molar-refractivity contribution >= 4 is 27.9 Å². The number of nitrogens with one attached hydrogen (secondary N) is 1. The molecule has 0 radical (unpaired) electrons. The molecule has 158 valence electrons. The van der Waals surface area contributed by atoms with Gasteiger partial charge >= 0.3 is 0 Å². The molecule has 30 heavy (non-hydrogen) atoms. The molecule has 1 fully saturated rings. The Morgan fingerprint density at radius 2 is 1.83 bits per heavy atom. The normalized spacial score (nSPS) is 18.2. The Morgan fingerprint density at radius 3 is 2.53 bits per heavy atom. The van der Waals surface area contributed by atoms with Gasteiger partial charge in [0.25, 0.3) is 0 Å². The van der Waals surface area contributed by atoms with Gasteiger partial charge in [0.2, 0.25) is 5.91 Å². The first-order valence-corrected chi connectivity index (χ1v) is 11.5. The average molecular weight is 425 g/mol. The van der Waals surface area contributed by atoms with Crippen molar-refractivity contribution in [1.82, 2.24) is 4.90 Å². The summed E-state index contributed by atoms with van der Waals surface area (Å²) < 4.78 is 0. The summed E-state index contributed by atoms with van der Waals surface area (Å²) in [5.74, 6) is 0.228. The SMILES string of the molecule is C[C@@H](C(=O)Nc1sc2c(c1C#N)CCCCC2)N1CCN(c2ccc(O)cc2)CC1. The van der Waals surface area contributed by atoms with Crippen LogP contribution in [0, 0.1) is 11.3 Å². The van der Waals surface area contributed by atoms with Crippen molar-refractivity contribution in [3.05, 3.63) is 40.3 Å². The van der Waals surface area contributed by atoms with Crippen LogP contribution >= 0.6 is 11.3 Å². The Morgan fingerprint density at radius 1 is 1.13 bits per heavy atom. The molecule has 2 heterocycles. The highest BCUT2D eigenvalue weighted by Crippen LogP contribution is 2.37. The number of phenolic OH excluding ortho intramolecular Hbond substituents is 1. The van der Waals surface area contributed by atoms with Crippen molar-refractivity contribution in [3.63, 3.8) is 0 Å². The number of thiophene rings is 1. The molecule has 1 amide bonds. The van der Waals surface area contributed by atoms with E-state index in [0.29, 0.717) is 5.56 Å². The van der Waals surface area contributed by atoms with Crippen molar-refractivity contribution in [3.8, 4) is 11.8 Å². The summed E-state index contributed by atoms with van der Waals surface area (Å²) in [5, 5.41) is 22.9. The highest BCUT2D eigenvalue weighted by molar-refractivity contribution is 7.16. The van der Waals surface area contributed by atoms with Gasteiger partial charge in [-0.05, 0) is 62.4 Å². The van der Waals surface area contributed by atoms with Gasteiger partial charge in [0.05, 0.1) is 11.6 Å². The van der Waals surface area contributed by atoms with Crippen LogP contribution in [0.3, 0.4) is 0 Å². The first kappa shape index (κ1) is 20.7. The van der Waals surface area contributed by atoms with E-state index in [4.69, 9.17) is 0 Å². The second-order valence-electron chi connectivity index (χ2n) is 8.09. The molecular formula is C23H28N4O2S. The molecule has 1 atom stereocenters.